The lowest BCUT2D eigenvalue weighted by atomic mass is 9.97. The number of aromatic nitrogens is 4. The third kappa shape index (κ3) is 5.44. The van der Waals surface area contributed by atoms with E-state index in [1.54, 1.807) is 6.20 Å². The fraction of sp³-hybridized carbons (Fsp3) is 0. The molecule has 3 aromatic heterocycles. The minimum absolute atomic E-state index is 0.687. The monoisotopic (exact) mass is 588 g/mol. The molecule has 0 fully saturated rings. The quantitative estimate of drug-likeness (QED) is 0.194. The first-order valence-electron chi connectivity index (χ1n) is 15.3. The lowest BCUT2D eigenvalue weighted by Crippen LogP contribution is -1.96. The van der Waals surface area contributed by atoms with Crippen LogP contribution >= 0.6 is 0 Å². The highest BCUT2D eigenvalue weighted by Crippen LogP contribution is 2.33. The van der Waals surface area contributed by atoms with Crippen molar-refractivity contribution in [3.05, 3.63) is 170 Å². The fourth-order valence-corrected chi connectivity index (χ4v) is 5.89. The van der Waals surface area contributed by atoms with Gasteiger partial charge in [-0.15, -0.1) is 0 Å². The van der Waals surface area contributed by atoms with Gasteiger partial charge in [0.15, 0.2) is 5.82 Å². The zero-order valence-electron chi connectivity index (χ0n) is 25.0. The first-order chi connectivity index (χ1) is 22.8. The summed E-state index contributed by atoms with van der Waals surface area (Å²) < 4.78 is 0. The highest BCUT2D eigenvalue weighted by Gasteiger charge is 2.13. The molecule has 0 spiro atoms. The molecule has 46 heavy (non-hydrogen) atoms. The standard InChI is InChI=1S/C42H28N4/c1-2-8-38-32(5-1)6-3-9-39(38)33-14-20-36(21-15-33)42-45-40(34-16-10-29(11-17-34)31-22-25-43-26-23-31)27-41(46-42)35-18-12-30(13-19-35)37-7-4-24-44-28-37/h1-28H. The van der Waals surface area contributed by atoms with Gasteiger partial charge in [-0.25, -0.2) is 9.97 Å². The van der Waals surface area contributed by atoms with E-state index in [1.807, 2.05) is 36.8 Å². The molecule has 0 atom stereocenters. The van der Waals surface area contributed by atoms with Crippen LogP contribution in [0, 0.1) is 0 Å². The minimum Gasteiger partial charge on any atom is -0.265 e. The van der Waals surface area contributed by atoms with Crippen molar-refractivity contribution in [1.82, 2.24) is 19.9 Å². The number of rotatable bonds is 6. The van der Waals surface area contributed by atoms with Crippen molar-refractivity contribution >= 4 is 10.8 Å². The average Bonchev–Trinajstić information content (AvgIpc) is 3.15. The molecule has 8 rings (SSSR count). The number of pyridine rings is 2. The molecule has 4 heteroatoms. The molecule has 0 amide bonds. The van der Waals surface area contributed by atoms with Gasteiger partial charge in [0.25, 0.3) is 0 Å². The molecule has 0 bridgehead atoms. The highest BCUT2D eigenvalue weighted by atomic mass is 14.9. The smallest absolute Gasteiger partial charge is 0.160 e. The Morgan fingerprint density at radius 2 is 0.913 bits per heavy atom. The molecule has 5 aromatic carbocycles. The first kappa shape index (κ1) is 27.3. The summed E-state index contributed by atoms with van der Waals surface area (Å²) in [4.78, 5) is 18.6. The molecule has 0 unspecified atom stereocenters. The second kappa shape index (κ2) is 12.0. The molecule has 0 aliphatic heterocycles. The SMILES string of the molecule is c1cncc(-c2ccc(-c3cc(-c4ccc(-c5ccncc5)cc4)nc(-c4ccc(-c5cccc6ccccc56)cc4)n3)cc2)c1. The highest BCUT2D eigenvalue weighted by molar-refractivity contribution is 5.96. The van der Waals surface area contributed by atoms with Gasteiger partial charge >= 0.3 is 0 Å². The molecule has 0 aliphatic carbocycles. The summed E-state index contributed by atoms with van der Waals surface area (Å²) in [6, 6.07) is 50.7. The molecule has 4 nitrogen and oxygen atoms in total. The zero-order valence-corrected chi connectivity index (χ0v) is 25.0. The number of benzene rings is 5. The Kier molecular flexibility index (Phi) is 7.14. The lowest BCUT2D eigenvalue weighted by molar-refractivity contribution is 1.18. The van der Waals surface area contributed by atoms with Gasteiger partial charge in [-0.05, 0) is 68.4 Å². The topological polar surface area (TPSA) is 51.6 Å². The molecule has 3 heterocycles. The number of fused-ring (bicyclic) bond motifs is 1. The molecule has 216 valence electrons. The van der Waals surface area contributed by atoms with Crippen LogP contribution in [0.4, 0.5) is 0 Å². The fourth-order valence-electron chi connectivity index (χ4n) is 5.89. The van der Waals surface area contributed by atoms with E-state index in [0.29, 0.717) is 5.82 Å². The maximum absolute atomic E-state index is 5.09. The summed E-state index contributed by atoms with van der Waals surface area (Å²) in [5.74, 6) is 0.687. The predicted molar refractivity (Wildman–Crippen MR) is 188 cm³/mol. The van der Waals surface area contributed by atoms with Crippen molar-refractivity contribution in [3.8, 4) is 67.3 Å². The van der Waals surface area contributed by atoms with E-state index in [1.165, 1.54) is 16.3 Å². The van der Waals surface area contributed by atoms with Crippen LogP contribution in [0.3, 0.4) is 0 Å². The molecule has 0 saturated carbocycles. The van der Waals surface area contributed by atoms with Crippen LogP contribution in [0.2, 0.25) is 0 Å². The predicted octanol–water partition coefficient (Wildman–Crippen LogP) is 10.4. The minimum atomic E-state index is 0.687. The summed E-state index contributed by atoms with van der Waals surface area (Å²) >= 11 is 0. The van der Waals surface area contributed by atoms with Gasteiger partial charge < -0.3 is 0 Å². The Morgan fingerprint density at radius 3 is 1.59 bits per heavy atom. The van der Waals surface area contributed by atoms with Gasteiger partial charge in [0.1, 0.15) is 0 Å². The Balaban J connectivity index is 1.19. The van der Waals surface area contributed by atoms with Gasteiger partial charge in [-0.3, -0.25) is 9.97 Å². The molecular weight excluding hydrogens is 560 g/mol. The maximum Gasteiger partial charge on any atom is 0.160 e. The van der Waals surface area contributed by atoms with Crippen molar-refractivity contribution < 1.29 is 0 Å². The van der Waals surface area contributed by atoms with E-state index in [4.69, 9.17) is 9.97 Å². The summed E-state index contributed by atoms with van der Waals surface area (Å²) in [6.07, 6.45) is 7.31. The van der Waals surface area contributed by atoms with Gasteiger partial charge in [0.2, 0.25) is 0 Å². The van der Waals surface area contributed by atoms with E-state index >= 15 is 0 Å². The van der Waals surface area contributed by atoms with Crippen molar-refractivity contribution in [2.75, 3.05) is 0 Å². The molecule has 0 radical (unpaired) electrons. The second-order valence-corrected chi connectivity index (χ2v) is 11.2. The van der Waals surface area contributed by atoms with Crippen LogP contribution in [-0.4, -0.2) is 19.9 Å². The van der Waals surface area contributed by atoms with E-state index in [2.05, 4.69) is 137 Å². The van der Waals surface area contributed by atoms with Gasteiger partial charge in [0.05, 0.1) is 11.4 Å². The second-order valence-electron chi connectivity index (χ2n) is 11.2. The summed E-state index contributed by atoms with van der Waals surface area (Å²) in [7, 11) is 0. The zero-order chi connectivity index (χ0) is 30.7. The third-order valence-electron chi connectivity index (χ3n) is 8.34. The molecule has 0 N–H and O–H groups in total. The maximum atomic E-state index is 5.09. The van der Waals surface area contributed by atoms with Crippen molar-refractivity contribution in [2.24, 2.45) is 0 Å². The van der Waals surface area contributed by atoms with E-state index in [-0.39, 0.29) is 0 Å². The lowest BCUT2D eigenvalue weighted by Gasteiger charge is -2.12. The number of nitrogens with zero attached hydrogens (tertiary/aromatic N) is 4. The van der Waals surface area contributed by atoms with Gasteiger partial charge in [-0.1, -0.05) is 121 Å². The molecule has 0 saturated heterocycles. The molecular formula is C42H28N4. The average molecular weight is 589 g/mol. The molecule has 8 aromatic rings. The van der Waals surface area contributed by atoms with Crippen molar-refractivity contribution in [3.63, 3.8) is 0 Å². The summed E-state index contributed by atoms with van der Waals surface area (Å²) in [5.41, 5.74) is 11.6. The number of hydrogen-bond donors (Lipinski definition) is 0. The van der Waals surface area contributed by atoms with Gasteiger partial charge in [-0.2, -0.15) is 0 Å². The summed E-state index contributed by atoms with van der Waals surface area (Å²) in [6.45, 7) is 0. The summed E-state index contributed by atoms with van der Waals surface area (Å²) in [5, 5.41) is 2.47. The number of hydrogen-bond acceptors (Lipinski definition) is 4. The Labute approximate surface area is 267 Å². The normalized spacial score (nSPS) is 11.0. The van der Waals surface area contributed by atoms with Crippen molar-refractivity contribution in [1.29, 1.82) is 0 Å². The van der Waals surface area contributed by atoms with E-state index < -0.39 is 0 Å². The largest absolute Gasteiger partial charge is 0.265 e. The first-order valence-corrected chi connectivity index (χ1v) is 15.3. The van der Waals surface area contributed by atoms with E-state index in [0.717, 1.165) is 55.9 Å². The Morgan fingerprint density at radius 1 is 0.348 bits per heavy atom. The van der Waals surface area contributed by atoms with E-state index in [9.17, 15) is 0 Å². The van der Waals surface area contributed by atoms with Gasteiger partial charge in [0, 0.05) is 41.5 Å². The third-order valence-corrected chi connectivity index (χ3v) is 8.34. The Bertz CT molecular complexity index is 2160. The van der Waals surface area contributed by atoms with Crippen LogP contribution in [0.25, 0.3) is 78.1 Å². The van der Waals surface area contributed by atoms with Crippen molar-refractivity contribution in [2.45, 2.75) is 0 Å². The Hall–Kier alpha value is -6.26. The molecule has 0 aliphatic rings. The van der Waals surface area contributed by atoms with Crippen LogP contribution in [0.15, 0.2) is 170 Å². The van der Waals surface area contributed by atoms with Crippen LogP contribution in [0.1, 0.15) is 0 Å². The van der Waals surface area contributed by atoms with Crippen LogP contribution in [0.5, 0.6) is 0 Å². The van der Waals surface area contributed by atoms with Crippen LogP contribution < -0.4 is 0 Å². The van der Waals surface area contributed by atoms with Crippen LogP contribution in [-0.2, 0) is 0 Å².